The third-order valence-electron chi connectivity index (χ3n) is 5.09. The lowest BCUT2D eigenvalue weighted by atomic mass is 10.1. The third-order valence-corrected chi connectivity index (χ3v) is 5.09. The fourth-order valence-electron chi connectivity index (χ4n) is 3.39. The lowest BCUT2D eigenvalue weighted by molar-refractivity contribution is -0.384. The summed E-state index contributed by atoms with van der Waals surface area (Å²) in [6.45, 7) is 1.52. The van der Waals surface area contributed by atoms with Crippen LogP contribution in [0.2, 0.25) is 0 Å². The van der Waals surface area contributed by atoms with E-state index >= 15 is 0 Å². The molecule has 1 fully saturated rings. The van der Waals surface area contributed by atoms with Crippen molar-refractivity contribution < 1.29 is 19.2 Å². The Morgan fingerprint density at radius 1 is 0.933 bits per heavy atom. The maximum Gasteiger partial charge on any atom is 0.293 e. The highest BCUT2D eigenvalue weighted by molar-refractivity contribution is 5.97. The Labute approximate surface area is 174 Å². The minimum absolute atomic E-state index is 0.101. The van der Waals surface area contributed by atoms with E-state index in [-0.39, 0.29) is 23.1 Å². The van der Waals surface area contributed by atoms with Crippen molar-refractivity contribution in [2.24, 2.45) is 0 Å². The van der Waals surface area contributed by atoms with Gasteiger partial charge in [-0.1, -0.05) is 0 Å². The number of hydrogen-bond acceptors (Lipinski definition) is 6. The molecule has 9 nitrogen and oxygen atoms in total. The van der Waals surface area contributed by atoms with Gasteiger partial charge >= 0.3 is 0 Å². The second kappa shape index (κ2) is 8.81. The maximum atomic E-state index is 12.8. The Morgan fingerprint density at radius 2 is 1.43 bits per heavy atom. The zero-order chi connectivity index (χ0) is 21.8. The predicted molar refractivity (Wildman–Crippen MR) is 112 cm³/mol. The molecule has 30 heavy (non-hydrogen) atoms. The van der Waals surface area contributed by atoms with Gasteiger partial charge in [-0.15, -0.1) is 0 Å². The minimum Gasteiger partial charge on any atom is -0.497 e. The second-order valence-electron chi connectivity index (χ2n) is 7.17. The molecule has 1 saturated heterocycles. The van der Waals surface area contributed by atoms with Crippen LogP contribution in [-0.2, 0) is 0 Å². The zero-order valence-corrected chi connectivity index (χ0v) is 17.2. The van der Waals surface area contributed by atoms with Crippen LogP contribution in [0.5, 0.6) is 5.75 Å². The van der Waals surface area contributed by atoms with E-state index in [9.17, 15) is 19.7 Å². The molecule has 9 heteroatoms. The first-order valence-electron chi connectivity index (χ1n) is 9.50. The first-order valence-corrected chi connectivity index (χ1v) is 9.50. The number of hydrogen-bond donors (Lipinski definition) is 0. The number of carbonyl (C=O) groups is 2. The second-order valence-corrected chi connectivity index (χ2v) is 7.17. The average molecular weight is 412 g/mol. The molecule has 1 aliphatic rings. The van der Waals surface area contributed by atoms with Crippen LogP contribution < -0.4 is 9.64 Å². The molecule has 0 aliphatic carbocycles. The predicted octanol–water partition coefficient (Wildman–Crippen LogP) is 2.27. The summed E-state index contributed by atoms with van der Waals surface area (Å²) in [5.74, 6) is 0.298. The van der Waals surface area contributed by atoms with Gasteiger partial charge in [0, 0.05) is 57.5 Å². The molecule has 158 valence electrons. The van der Waals surface area contributed by atoms with E-state index in [0.29, 0.717) is 43.2 Å². The first-order chi connectivity index (χ1) is 14.3. The molecule has 3 rings (SSSR count). The molecule has 0 N–H and O–H groups in total. The maximum absolute atomic E-state index is 12.8. The van der Waals surface area contributed by atoms with E-state index in [1.165, 1.54) is 6.07 Å². The van der Waals surface area contributed by atoms with E-state index in [2.05, 4.69) is 0 Å². The molecular weight excluding hydrogens is 388 g/mol. The highest BCUT2D eigenvalue weighted by Gasteiger charge is 2.27. The summed E-state index contributed by atoms with van der Waals surface area (Å²) in [4.78, 5) is 41.3. The molecule has 1 aliphatic heterocycles. The van der Waals surface area contributed by atoms with Crippen molar-refractivity contribution >= 4 is 23.2 Å². The Kier molecular flexibility index (Phi) is 6.20. The lowest BCUT2D eigenvalue weighted by Gasteiger charge is -2.35. The number of piperazine rings is 1. The Morgan fingerprint density at radius 3 is 1.90 bits per heavy atom. The summed E-state index contributed by atoms with van der Waals surface area (Å²) >= 11 is 0. The molecule has 0 spiro atoms. The number of nitro benzene ring substituents is 1. The zero-order valence-electron chi connectivity index (χ0n) is 17.2. The lowest BCUT2D eigenvalue weighted by Crippen LogP contribution is -2.50. The van der Waals surface area contributed by atoms with Crippen LogP contribution in [0.1, 0.15) is 20.7 Å². The summed E-state index contributed by atoms with van der Waals surface area (Å²) in [5.41, 5.74) is 1.15. The van der Waals surface area contributed by atoms with E-state index in [0.717, 1.165) is 0 Å². The molecule has 2 aromatic carbocycles. The SMILES string of the molecule is COc1ccc(C(=O)N2CCN(C(=O)c3ccc(N(C)C)c([N+](=O)[O-])c3)CC2)cc1. The molecule has 0 saturated carbocycles. The van der Waals surface area contributed by atoms with Crippen molar-refractivity contribution in [3.8, 4) is 5.75 Å². The number of amides is 2. The molecule has 0 bridgehead atoms. The normalized spacial score (nSPS) is 13.7. The highest BCUT2D eigenvalue weighted by atomic mass is 16.6. The quantitative estimate of drug-likeness (QED) is 0.552. The van der Waals surface area contributed by atoms with Gasteiger partial charge in [0.25, 0.3) is 17.5 Å². The molecule has 0 aromatic heterocycles. The molecular formula is C21H24N4O5. The molecule has 0 radical (unpaired) electrons. The van der Waals surface area contributed by atoms with Crippen LogP contribution in [0, 0.1) is 10.1 Å². The molecule has 2 aromatic rings. The number of nitrogens with zero attached hydrogens (tertiary/aromatic N) is 4. The van der Waals surface area contributed by atoms with Crippen LogP contribution in [0.15, 0.2) is 42.5 Å². The number of rotatable bonds is 5. The summed E-state index contributed by atoms with van der Waals surface area (Å²) in [6, 6.07) is 11.4. The van der Waals surface area contributed by atoms with Crippen LogP contribution in [0.3, 0.4) is 0 Å². The minimum atomic E-state index is -0.489. The van der Waals surface area contributed by atoms with Crippen LogP contribution in [0.4, 0.5) is 11.4 Å². The van der Waals surface area contributed by atoms with Gasteiger partial charge in [0.05, 0.1) is 12.0 Å². The molecule has 2 amide bonds. The van der Waals surface area contributed by atoms with Crippen molar-refractivity contribution in [2.45, 2.75) is 0 Å². The smallest absolute Gasteiger partial charge is 0.293 e. The van der Waals surface area contributed by atoms with Gasteiger partial charge < -0.3 is 19.4 Å². The Hall–Kier alpha value is -3.62. The number of anilines is 1. The first kappa shape index (κ1) is 21.1. The van der Waals surface area contributed by atoms with Gasteiger partial charge in [-0.2, -0.15) is 0 Å². The van der Waals surface area contributed by atoms with E-state index in [1.807, 2.05) is 0 Å². The standard InChI is InChI=1S/C21H24N4O5/c1-22(2)18-9-6-16(14-19(18)25(28)29)21(27)24-12-10-23(11-13-24)20(26)15-4-7-17(30-3)8-5-15/h4-9,14H,10-13H2,1-3H3. The van der Waals surface area contributed by atoms with Crippen molar-refractivity contribution in [3.63, 3.8) is 0 Å². The topological polar surface area (TPSA) is 96.2 Å². The number of carbonyl (C=O) groups excluding carboxylic acids is 2. The van der Waals surface area contributed by atoms with E-state index < -0.39 is 4.92 Å². The van der Waals surface area contributed by atoms with E-state index in [1.54, 1.807) is 72.3 Å². The fourth-order valence-corrected chi connectivity index (χ4v) is 3.39. The van der Waals surface area contributed by atoms with Crippen LogP contribution in [0.25, 0.3) is 0 Å². The molecule has 1 heterocycles. The number of ether oxygens (including phenoxy) is 1. The number of nitro groups is 1. The molecule has 0 unspecified atom stereocenters. The molecule has 0 atom stereocenters. The van der Waals surface area contributed by atoms with Crippen LogP contribution >= 0.6 is 0 Å². The third kappa shape index (κ3) is 4.35. The summed E-state index contributed by atoms with van der Waals surface area (Å²) in [6.07, 6.45) is 0. The van der Waals surface area contributed by atoms with Crippen molar-refractivity contribution in [2.75, 3.05) is 52.3 Å². The summed E-state index contributed by atoms with van der Waals surface area (Å²) < 4.78 is 5.11. The van der Waals surface area contributed by atoms with Gasteiger partial charge in [0.1, 0.15) is 11.4 Å². The van der Waals surface area contributed by atoms with Crippen LogP contribution in [-0.4, -0.2) is 73.9 Å². The monoisotopic (exact) mass is 412 g/mol. The summed E-state index contributed by atoms with van der Waals surface area (Å²) in [5, 5.41) is 11.4. The van der Waals surface area contributed by atoms with Crippen molar-refractivity contribution in [1.82, 2.24) is 9.80 Å². The van der Waals surface area contributed by atoms with Gasteiger partial charge in [0.15, 0.2) is 0 Å². The summed E-state index contributed by atoms with van der Waals surface area (Å²) in [7, 11) is 4.99. The van der Waals surface area contributed by atoms with Crippen molar-refractivity contribution in [3.05, 3.63) is 63.7 Å². The van der Waals surface area contributed by atoms with Gasteiger partial charge in [-0.3, -0.25) is 19.7 Å². The number of benzene rings is 2. The van der Waals surface area contributed by atoms with Gasteiger partial charge in [0.2, 0.25) is 0 Å². The van der Waals surface area contributed by atoms with Gasteiger partial charge in [-0.05, 0) is 36.4 Å². The van der Waals surface area contributed by atoms with Gasteiger partial charge in [-0.25, -0.2) is 0 Å². The number of methoxy groups -OCH3 is 1. The van der Waals surface area contributed by atoms with Crippen molar-refractivity contribution in [1.29, 1.82) is 0 Å². The highest BCUT2D eigenvalue weighted by Crippen LogP contribution is 2.28. The van der Waals surface area contributed by atoms with E-state index in [4.69, 9.17) is 4.74 Å². The fraction of sp³-hybridized carbons (Fsp3) is 0.333. The Balaban J connectivity index is 1.67. The largest absolute Gasteiger partial charge is 0.497 e. The average Bonchev–Trinajstić information content (AvgIpc) is 2.77. The Bertz CT molecular complexity index is 950.